The Kier molecular flexibility index (Phi) is 4.68. The molecule has 1 atom stereocenters. The summed E-state index contributed by atoms with van der Waals surface area (Å²) < 4.78 is 26.3. The van der Waals surface area contributed by atoms with Gasteiger partial charge in [-0.05, 0) is 37.5 Å². The summed E-state index contributed by atoms with van der Waals surface area (Å²) in [4.78, 5) is 40.0. The first kappa shape index (κ1) is 18.3. The molecule has 1 aliphatic carbocycles. The van der Waals surface area contributed by atoms with E-state index >= 15 is 0 Å². The summed E-state index contributed by atoms with van der Waals surface area (Å²) in [6, 6.07) is 1.86. The molecule has 2 aliphatic rings. The molecule has 8 heteroatoms. The van der Waals surface area contributed by atoms with Gasteiger partial charge in [-0.2, -0.15) is 0 Å². The molecular formula is C18H21F2N3O3. The second kappa shape index (κ2) is 6.66. The van der Waals surface area contributed by atoms with Gasteiger partial charge in [0.15, 0.2) is 11.6 Å². The predicted molar refractivity (Wildman–Crippen MR) is 88.9 cm³/mol. The normalized spacial score (nSPS) is 19.8. The van der Waals surface area contributed by atoms with Crippen LogP contribution in [0, 0.1) is 11.6 Å². The van der Waals surface area contributed by atoms with Gasteiger partial charge in [0.05, 0.1) is 0 Å². The van der Waals surface area contributed by atoms with Gasteiger partial charge in [0.1, 0.15) is 11.6 Å². The largest absolute Gasteiger partial charge is 0.340 e. The van der Waals surface area contributed by atoms with Crippen molar-refractivity contribution in [3.63, 3.8) is 0 Å². The highest BCUT2D eigenvalue weighted by molar-refractivity contribution is 6.09. The number of carbonyl (C=O) groups excluding carboxylic acids is 3. The average molecular weight is 365 g/mol. The molecule has 140 valence electrons. The maximum atomic E-state index is 13.3. The summed E-state index contributed by atoms with van der Waals surface area (Å²) in [6.07, 6.45) is 2.88. The van der Waals surface area contributed by atoms with E-state index in [1.165, 1.54) is 24.9 Å². The minimum absolute atomic E-state index is 0.0369. The number of carbonyl (C=O) groups is 3. The van der Waals surface area contributed by atoms with Crippen molar-refractivity contribution < 1.29 is 23.2 Å². The minimum atomic E-state index is -0.992. The van der Waals surface area contributed by atoms with E-state index in [0.29, 0.717) is 18.4 Å². The molecule has 1 aromatic carbocycles. The fourth-order valence-corrected chi connectivity index (χ4v) is 3.73. The first-order valence-corrected chi connectivity index (χ1v) is 8.60. The molecule has 4 amide bonds. The molecule has 1 aromatic rings. The van der Waals surface area contributed by atoms with Crippen molar-refractivity contribution in [2.75, 3.05) is 7.05 Å². The first-order chi connectivity index (χ1) is 12.2. The number of benzene rings is 1. The van der Waals surface area contributed by atoms with E-state index in [-0.39, 0.29) is 12.5 Å². The Hall–Kier alpha value is -2.51. The first-order valence-electron chi connectivity index (χ1n) is 8.60. The van der Waals surface area contributed by atoms with Gasteiger partial charge < -0.3 is 10.2 Å². The molecular weight excluding hydrogens is 344 g/mol. The van der Waals surface area contributed by atoms with Gasteiger partial charge in [-0.25, -0.2) is 18.5 Å². The minimum Gasteiger partial charge on any atom is -0.340 e. The van der Waals surface area contributed by atoms with Crippen LogP contribution in [0.15, 0.2) is 18.2 Å². The number of likely N-dealkylation sites (N-methyl/N-ethyl adjacent to an activating group) is 1. The fourth-order valence-electron chi connectivity index (χ4n) is 3.73. The standard InChI is InChI=1S/C18H21F2N3O3/c1-11(23-16(25)18(21-17(23)26)7-3-4-8-18)15(24)22(2)10-12-5-6-13(19)14(20)9-12/h5-6,9,11H,3-4,7-8,10H2,1-2H3,(H,21,26). The van der Waals surface area contributed by atoms with Gasteiger partial charge in [-0.3, -0.25) is 9.59 Å². The molecule has 0 bridgehead atoms. The monoisotopic (exact) mass is 365 g/mol. The number of imide groups is 1. The van der Waals surface area contributed by atoms with Crippen molar-refractivity contribution in [2.24, 2.45) is 0 Å². The van der Waals surface area contributed by atoms with E-state index in [1.807, 2.05) is 0 Å². The van der Waals surface area contributed by atoms with Crippen molar-refractivity contribution in [1.82, 2.24) is 15.1 Å². The molecule has 1 aliphatic heterocycles. The summed E-state index contributed by atoms with van der Waals surface area (Å²) in [5, 5.41) is 2.74. The SMILES string of the molecule is CC(C(=O)N(C)Cc1ccc(F)c(F)c1)N1C(=O)NC2(CCCC2)C1=O. The van der Waals surface area contributed by atoms with Gasteiger partial charge in [0.25, 0.3) is 5.91 Å². The highest BCUT2D eigenvalue weighted by Gasteiger charge is 2.54. The topological polar surface area (TPSA) is 69.7 Å². The number of nitrogens with zero attached hydrogens (tertiary/aromatic N) is 2. The van der Waals surface area contributed by atoms with Crippen LogP contribution in [0.2, 0.25) is 0 Å². The molecule has 3 rings (SSSR count). The molecule has 2 fully saturated rings. The number of nitrogens with one attached hydrogen (secondary N) is 1. The lowest BCUT2D eigenvalue weighted by Gasteiger charge is -2.27. The van der Waals surface area contributed by atoms with Crippen molar-refractivity contribution >= 4 is 17.8 Å². The Morgan fingerprint density at radius 2 is 1.92 bits per heavy atom. The highest BCUT2D eigenvalue weighted by Crippen LogP contribution is 2.35. The van der Waals surface area contributed by atoms with Crippen LogP contribution >= 0.6 is 0 Å². The van der Waals surface area contributed by atoms with Crippen LogP contribution in [0.5, 0.6) is 0 Å². The third-order valence-corrected chi connectivity index (χ3v) is 5.17. The highest BCUT2D eigenvalue weighted by atomic mass is 19.2. The lowest BCUT2D eigenvalue weighted by Crippen LogP contribution is -2.50. The number of rotatable bonds is 4. The Labute approximate surface area is 150 Å². The van der Waals surface area contributed by atoms with Gasteiger partial charge >= 0.3 is 6.03 Å². The molecule has 6 nitrogen and oxygen atoms in total. The van der Waals surface area contributed by atoms with E-state index in [2.05, 4.69) is 5.32 Å². The predicted octanol–water partition coefficient (Wildman–Crippen LogP) is 2.18. The van der Waals surface area contributed by atoms with Crippen LogP contribution < -0.4 is 5.32 Å². The summed E-state index contributed by atoms with van der Waals surface area (Å²) in [5.74, 6) is -2.76. The van der Waals surface area contributed by atoms with E-state index in [4.69, 9.17) is 0 Å². The van der Waals surface area contributed by atoms with Crippen LogP contribution in [0.3, 0.4) is 0 Å². The maximum absolute atomic E-state index is 13.3. The third-order valence-electron chi connectivity index (χ3n) is 5.17. The Balaban J connectivity index is 1.71. The maximum Gasteiger partial charge on any atom is 0.325 e. The third kappa shape index (κ3) is 3.04. The molecule has 1 saturated heterocycles. The van der Waals surface area contributed by atoms with Gasteiger partial charge in [0, 0.05) is 13.6 Å². The number of amides is 4. The van der Waals surface area contributed by atoms with Gasteiger partial charge in [0.2, 0.25) is 5.91 Å². The number of hydrogen-bond acceptors (Lipinski definition) is 3. The van der Waals surface area contributed by atoms with Gasteiger partial charge in [-0.1, -0.05) is 18.9 Å². The summed E-state index contributed by atoms with van der Waals surface area (Å²) in [5.41, 5.74) is -0.457. The van der Waals surface area contributed by atoms with E-state index in [9.17, 15) is 23.2 Å². The van der Waals surface area contributed by atoms with Crippen LogP contribution in [-0.4, -0.2) is 46.3 Å². The average Bonchev–Trinajstić information content (AvgIpc) is 3.15. The summed E-state index contributed by atoms with van der Waals surface area (Å²) in [7, 11) is 1.49. The summed E-state index contributed by atoms with van der Waals surface area (Å²) >= 11 is 0. The van der Waals surface area contributed by atoms with Gasteiger partial charge in [-0.15, -0.1) is 0 Å². The zero-order valence-corrected chi connectivity index (χ0v) is 14.7. The Morgan fingerprint density at radius 3 is 2.54 bits per heavy atom. The Bertz CT molecular complexity index is 762. The van der Waals surface area contributed by atoms with Crippen LogP contribution in [0.25, 0.3) is 0 Å². The van der Waals surface area contributed by atoms with Crippen molar-refractivity contribution in [3.05, 3.63) is 35.4 Å². The molecule has 0 radical (unpaired) electrons. The fraction of sp³-hybridized carbons (Fsp3) is 0.500. The second-order valence-electron chi connectivity index (χ2n) is 7.01. The molecule has 1 saturated carbocycles. The number of hydrogen-bond donors (Lipinski definition) is 1. The van der Waals surface area contributed by atoms with E-state index < -0.39 is 35.2 Å². The number of halogens is 2. The molecule has 1 heterocycles. The van der Waals surface area contributed by atoms with Crippen LogP contribution in [0.4, 0.5) is 13.6 Å². The lowest BCUT2D eigenvalue weighted by atomic mass is 9.97. The molecule has 26 heavy (non-hydrogen) atoms. The van der Waals surface area contributed by atoms with Crippen molar-refractivity contribution in [1.29, 1.82) is 0 Å². The smallest absolute Gasteiger partial charge is 0.325 e. The van der Waals surface area contributed by atoms with Crippen LogP contribution in [-0.2, 0) is 16.1 Å². The second-order valence-corrected chi connectivity index (χ2v) is 7.01. The van der Waals surface area contributed by atoms with E-state index in [1.54, 1.807) is 0 Å². The molecule has 0 aromatic heterocycles. The van der Waals surface area contributed by atoms with E-state index in [0.717, 1.165) is 29.9 Å². The number of urea groups is 1. The van der Waals surface area contributed by atoms with Crippen molar-refractivity contribution in [2.45, 2.75) is 50.7 Å². The molecule has 1 spiro atoms. The zero-order valence-electron chi connectivity index (χ0n) is 14.7. The molecule has 1 unspecified atom stereocenters. The summed E-state index contributed by atoms with van der Waals surface area (Å²) in [6.45, 7) is 1.53. The zero-order chi connectivity index (χ0) is 19.1. The quantitative estimate of drug-likeness (QED) is 0.832. The van der Waals surface area contributed by atoms with Crippen LogP contribution in [0.1, 0.15) is 38.2 Å². The Morgan fingerprint density at radius 1 is 1.27 bits per heavy atom. The molecule has 1 N–H and O–H groups in total. The van der Waals surface area contributed by atoms with Crippen molar-refractivity contribution in [3.8, 4) is 0 Å². The lowest BCUT2D eigenvalue weighted by molar-refractivity contribution is -0.142.